The number of aliphatic hydroxyl groups is 1. The van der Waals surface area contributed by atoms with E-state index in [0.29, 0.717) is 16.7 Å². The molecule has 1 aromatic rings. The highest BCUT2D eigenvalue weighted by atomic mass is 79.9. The number of rotatable bonds is 5. The Labute approximate surface area is 127 Å². The van der Waals surface area contributed by atoms with Gasteiger partial charge in [-0.05, 0) is 35.2 Å². The first kappa shape index (κ1) is 15.5. The van der Waals surface area contributed by atoms with Gasteiger partial charge < -0.3 is 10.4 Å². The third kappa shape index (κ3) is 3.61. The SMILES string of the molecule is CCCCn1ncc(NC2CCCCC2O)c(Br)c1=O. The Hall–Kier alpha value is -0.880. The molecule has 0 amide bonds. The van der Waals surface area contributed by atoms with Gasteiger partial charge in [0.1, 0.15) is 4.47 Å². The first-order valence-corrected chi connectivity index (χ1v) is 8.13. The monoisotopic (exact) mass is 343 g/mol. The van der Waals surface area contributed by atoms with Crippen molar-refractivity contribution in [3.63, 3.8) is 0 Å². The molecular formula is C14H22BrN3O2. The van der Waals surface area contributed by atoms with Gasteiger partial charge in [0.25, 0.3) is 5.56 Å². The van der Waals surface area contributed by atoms with Gasteiger partial charge in [-0.2, -0.15) is 5.10 Å². The summed E-state index contributed by atoms with van der Waals surface area (Å²) in [6, 6.07) is 0.00717. The number of nitrogens with one attached hydrogen (secondary N) is 1. The van der Waals surface area contributed by atoms with Crippen molar-refractivity contribution in [2.45, 2.75) is 64.1 Å². The average Bonchev–Trinajstić information content (AvgIpc) is 2.45. The molecule has 1 fully saturated rings. The van der Waals surface area contributed by atoms with Crippen LogP contribution in [0.15, 0.2) is 15.5 Å². The third-order valence-electron chi connectivity index (χ3n) is 3.78. The number of aromatic nitrogens is 2. The van der Waals surface area contributed by atoms with Crippen molar-refractivity contribution in [2.24, 2.45) is 0 Å². The molecule has 0 aromatic carbocycles. The lowest BCUT2D eigenvalue weighted by molar-refractivity contribution is 0.116. The molecule has 1 heterocycles. The zero-order chi connectivity index (χ0) is 14.5. The Morgan fingerprint density at radius 3 is 2.95 bits per heavy atom. The molecule has 2 unspecified atom stereocenters. The van der Waals surface area contributed by atoms with E-state index >= 15 is 0 Å². The van der Waals surface area contributed by atoms with E-state index < -0.39 is 0 Å². The van der Waals surface area contributed by atoms with Gasteiger partial charge in [-0.1, -0.05) is 26.2 Å². The van der Waals surface area contributed by atoms with Crippen LogP contribution in [0, 0.1) is 0 Å². The fraction of sp³-hybridized carbons (Fsp3) is 0.714. The summed E-state index contributed by atoms with van der Waals surface area (Å²) < 4.78 is 1.98. The number of halogens is 1. The van der Waals surface area contributed by atoms with Gasteiger partial charge in [0, 0.05) is 6.54 Å². The number of anilines is 1. The van der Waals surface area contributed by atoms with Crippen molar-refractivity contribution < 1.29 is 5.11 Å². The van der Waals surface area contributed by atoms with Gasteiger partial charge in [-0.15, -0.1) is 0 Å². The van der Waals surface area contributed by atoms with Crippen molar-refractivity contribution in [2.75, 3.05) is 5.32 Å². The molecule has 1 saturated carbocycles. The lowest BCUT2D eigenvalue weighted by Gasteiger charge is -2.29. The van der Waals surface area contributed by atoms with Crippen LogP contribution in [0.1, 0.15) is 45.4 Å². The molecule has 0 radical (unpaired) electrons. The topological polar surface area (TPSA) is 67.2 Å². The predicted molar refractivity (Wildman–Crippen MR) is 83.0 cm³/mol. The molecule has 0 aliphatic heterocycles. The number of hydrogen-bond acceptors (Lipinski definition) is 4. The second kappa shape index (κ2) is 7.22. The smallest absolute Gasteiger partial charge is 0.283 e. The maximum atomic E-state index is 12.2. The number of aryl methyl sites for hydroxylation is 1. The highest BCUT2D eigenvalue weighted by molar-refractivity contribution is 9.10. The average molecular weight is 344 g/mol. The molecule has 2 rings (SSSR count). The fourth-order valence-electron chi connectivity index (χ4n) is 2.51. The van der Waals surface area contributed by atoms with E-state index in [1.165, 1.54) is 4.68 Å². The molecule has 1 aliphatic rings. The second-order valence-corrected chi connectivity index (χ2v) is 6.15. The lowest BCUT2D eigenvalue weighted by atomic mass is 9.92. The van der Waals surface area contributed by atoms with Crippen LogP contribution in [-0.2, 0) is 6.54 Å². The highest BCUT2D eigenvalue weighted by Gasteiger charge is 2.24. The first-order valence-electron chi connectivity index (χ1n) is 7.33. The maximum Gasteiger partial charge on any atom is 0.283 e. The van der Waals surface area contributed by atoms with Crippen molar-refractivity contribution in [3.8, 4) is 0 Å². The molecule has 0 saturated heterocycles. The van der Waals surface area contributed by atoms with Crippen molar-refractivity contribution in [1.82, 2.24) is 9.78 Å². The van der Waals surface area contributed by atoms with Crippen LogP contribution in [0.3, 0.4) is 0 Å². The summed E-state index contributed by atoms with van der Waals surface area (Å²) in [7, 11) is 0. The van der Waals surface area contributed by atoms with Crippen LogP contribution < -0.4 is 10.9 Å². The van der Waals surface area contributed by atoms with Gasteiger partial charge in [0.2, 0.25) is 0 Å². The van der Waals surface area contributed by atoms with Crippen LogP contribution >= 0.6 is 15.9 Å². The summed E-state index contributed by atoms with van der Waals surface area (Å²) in [6.45, 7) is 2.72. The highest BCUT2D eigenvalue weighted by Crippen LogP contribution is 2.24. The van der Waals surface area contributed by atoms with Gasteiger partial charge in [-0.3, -0.25) is 4.79 Å². The van der Waals surface area contributed by atoms with E-state index in [9.17, 15) is 9.90 Å². The number of aliphatic hydroxyl groups excluding tert-OH is 1. The van der Waals surface area contributed by atoms with Crippen LogP contribution in [0.25, 0.3) is 0 Å². The van der Waals surface area contributed by atoms with Crippen molar-refractivity contribution in [1.29, 1.82) is 0 Å². The normalized spacial score (nSPS) is 22.8. The third-order valence-corrected chi connectivity index (χ3v) is 4.55. The summed E-state index contributed by atoms with van der Waals surface area (Å²) in [5.74, 6) is 0. The van der Waals surface area contributed by atoms with Gasteiger partial charge in [0.05, 0.1) is 24.0 Å². The standard InChI is InChI=1S/C14H22BrN3O2/c1-2-3-8-18-14(20)13(15)11(9-16-18)17-10-6-4-5-7-12(10)19/h9-10,12,17,19H,2-8H2,1H3. The molecule has 20 heavy (non-hydrogen) atoms. The Balaban J connectivity index is 2.12. The van der Waals surface area contributed by atoms with E-state index in [1.807, 2.05) is 0 Å². The van der Waals surface area contributed by atoms with Crippen LogP contribution in [0.4, 0.5) is 5.69 Å². The Kier molecular flexibility index (Phi) is 5.60. The van der Waals surface area contributed by atoms with E-state index in [4.69, 9.17) is 0 Å². The number of unbranched alkanes of at least 4 members (excludes halogenated alkanes) is 1. The fourth-order valence-corrected chi connectivity index (χ4v) is 2.93. The van der Waals surface area contributed by atoms with Crippen LogP contribution in [0.5, 0.6) is 0 Å². The van der Waals surface area contributed by atoms with Gasteiger partial charge in [-0.25, -0.2) is 4.68 Å². The minimum absolute atomic E-state index is 0.00717. The van der Waals surface area contributed by atoms with E-state index in [-0.39, 0.29) is 17.7 Å². The summed E-state index contributed by atoms with van der Waals surface area (Å²) >= 11 is 3.35. The zero-order valence-corrected chi connectivity index (χ0v) is 13.4. The summed E-state index contributed by atoms with van der Waals surface area (Å²) in [6.07, 6.45) is 7.20. The summed E-state index contributed by atoms with van der Waals surface area (Å²) in [4.78, 5) is 12.2. The summed E-state index contributed by atoms with van der Waals surface area (Å²) in [5, 5.41) is 17.4. The first-order chi connectivity index (χ1) is 9.63. The molecule has 1 aliphatic carbocycles. The van der Waals surface area contributed by atoms with E-state index in [1.54, 1.807) is 6.20 Å². The molecule has 1 aromatic heterocycles. The Bertz CT molecular complexity index is 504. The molecule has 0 spiro atoms. The van der Waals surface area contributed by atoms with Crippen LogP contribution in [-0.4, -0.2) is 27.0 Å². The second-order valence-electron chi connectivity index (χ2n) is 5.36. The minimum Gasteiger partial charge on any atom is -0.391 e. The Morgan fingerprint density at radius 1 is 1.50 bits per heavy atom. The molecule has 2 N–H and O–H groups in total. The Morgan fingerprint density at radius 2 is 2.25 bits per heavy atom. The number of hydrogen-bond donors (Lipinski definition) is 2. The van der Waals surface area contributed by atoms with Gasteiger partial charge >= 0.3 is 0 Å². The molecule has 2 atom stereocenters. The zero-order valence-electron chi connectivity index (χ0n) is 11.8. The van der Waals surface area contributed by atoms with Crippen LogP contribution in [0.2, 0.25) is 0 Å². The molecule has 6 heteroatoms. The molecular weight excluding hydrogens is 322 g/mol. The quantitative estimate of drug-likeness (QED) is 0.861. The van der Waals surface area contributed by atoms with Gasteiger partial charge in [0.15, 0.2) is 0 Å². The maximum absolute atomic E-state index is 12.2. The molecule has 112 valence electrons. The minimum atomic E-state index is -0.349. The predicted octanol–water partition coefficient (Wildman–Crippen LogP) is 2.52. The summed E-state index contributed by atoms with van der Waals surface area (Å²) in [5.41, 5.74) is 0.558. The largest absolute Gasteiger partial charge is 0.391 e. The molecule has 0 bridgehead atoms. The number of nitrogens with zero attached hydrogens (tertiary/aromatic N) is 2. The van der Waals surface area contributed by atoms with Crippen molar-refractivity contribution >= 4 is 21.6 Å². The van der Waals surface area contributed by atoms with E-state index in [0.717, 1.165) is 38.5 Å². The molecule has 5 nitrogen and oxygen atoms in total. The lowest BCUT2D eigenvalue weighted by Crippen LogP contribution is -2.37. The van der Waals surface area contributed by atoms with E-state index in [2.05, 4.69) is 33.3 Å². The van der Waals surface area contributed by atoms with Crippen molar-refractivity contribution in [3.05, 3.63) is 21.0 Å².